The minimum atomic E-state index is -0.416. The third-order valence-electron chi connectivity index (χ3n) is 6.93. The van der Waals surface area contributed by atoms with Gasteiger partial charge < -0.3 is 19.0 Å². The molecule has 0 radical (unpaired) electrons. The first-order chi connectivity index (χ1) is 16.7. The van der Waals surface area contributed by atoms with Crippen molar-refractivity contribution in [3.63, 3.8) is 0 Å². The lowest BCUT2D eigenvalue weighted by molar-refractivity contribution is -0.157. The molecule has 0 N–H and O–H groups in total. The fourth-order valence-electron chi connectivity index (χ4n) is 5.92. The maximum absolute atomic E-state index is 11.6. The number of nitriles is 1. The van der Waals surface area contributed by atoms with Gasteiger partial charge in [0.1, 0.15) is 18.6 Å². The summed E-state index contributed by atoms with van der Waals surface area (Å²) >= 11 is 0. The summed E-state index contributed by atoms with van der Waals surface area (Å²) < 4.78 is 19.5. The molecule has 37 heavy (non-hydrogen) atoms. The van der Waals surface area contributed by atoms with Crippen molar-refractivity contribution in [1.82, 2.24) is 15.0 Å². The molecule has 8 heteroatoms. The second-order valence-electron chi connectivity index (χ2n) is 14.1. The van der Waals surface area contributed by atoms with Crippen LogP contribution in [0.2, 0.25) is 0 Å². The number of carbonyl (C=O) groups excluding carboxylic acids is 1. The number of hydrogen-bond donors (Lipinski definition) is 0. The van der Waals surface area contributed by atoms with Gasteiger partial charge in [-0.15, -0.1) is 5.10 Å². The summed E-state index contributed by atoms with van der Waals surface area (Å²) in [4.78, 5) is 11.6. The Morgan fingerprint density at radius 3 is 2.11 bits per heavy atom. The summed E-state index contributed by atoms with van der Waals surface area (Å²) in [6, 6.07) is 0. The van der Waals surface area contributed by atoms with E-state index in [4.69, 9.17) is 19.5 Å². The molecular formula is C29H52N4O4. The zero-order valence-electron chi connectivity index (χ0n) is 25.5. The quantitative estimate of drug-likeness (QED) is 0.169. The maximum atomic E-state index is 11.6. The maximum Gasteiger partial charge on any atom is 0.286 e. The lowest BCUT2D eigenvalue weighted by atomic mass is 9.73. The average molecular weight is 521 g/mol. The van der Waals surface area contributed by atoms with E-state index in [-0.39, 0.29) is 34.2 Å². The van der Waals surface area contributed by atoms with Crippen LogP contribution < -0.4 is 0 Å². The van der Waals surface area contributed by atoms with Crippen LogP contribution in [0.3, 0.4) is 0 Å². The zero-order valence-corrected chi connectivity index (χ0v) is 25.5. The molecule has 0 aliphatic rings. The highest BCUT2D eigenvalue weighted by molar-refractivity contribution is 5.58. The molecule has 8 nitrogen and oxygen atoms in total. The van der Waals surface area contributed by atoms with Gasteiger partial charge in [0, 0.05) is 5.41 Å². The highest BCUT2D eigenvalue weighted by atomic mass is 16.5. The molecule has 0 aliphatic carbocycles. The smallest absolute Gasteiger partial charge is 0.286 e. The Bertz CT molecular complexity index is 911. The number of carbonyl (C=O) groups is 1. The van der Waals surface area contributed by atoms with Crippen LogP contribution >= 0.6 is 0 Å². The molecular weight excluding hydrogens is 468 g/mol. The molecule has 0 fully saturated rings. The number of aromatic nitrogens is 3. The molecule has 1 rings (SSSR count). The molecule has 0 saturated heterocycles. The minimum absolute atomic E-state index is 0.0320. The normalized spacial score (nSPS) is 15.2. The van der Waals surface area contributed by atoms with Crippen LogP contribution in [0, 0.1) is 22.3 Å². The monoisotopic (exact) mass is 520 g/mol. The predicted octanol–water partition coefficient (Wildman–Crippen LogP) is 6.58. The summed E-state index contributed by atoms with van der Waals surface area (Å²) in [5, 5.41) is 17.0. The van der Waals surface area contributed by atoms with E-state index in [1.54, 1.807) is 6.26 Å². The van der Waals surface area contributed by atoms with Crippen molar-refractivity contribution in [2.24, 2.45) is 10.8 Å². The largest absolute Gasteiger partial charge is 0.421 e. The van der Waals surface area contributed by atoms with Crippen LogP contribution in [0.1, 0.15) is 121 Å². The predicted molar refractivity (Wildman–Crippen MR) is 146 cm³/mol. The molecule has 1 atom stereocenters. The van der Waals surface area contributed by atoms with Gasteiger partial charge in [-0.1, -0.05) is 32.9 Å². The van der Waals surface area contributed by atoms with E-state index in [1.165, 1.54) is 0 Å². The summed E-state index contributed by atoms with van der Waals surface area (Å²) in [7, 11) is 0. The second kappa shape index (κ2) is 12.3. The van der Waals surface area contributed by atoms with Crippen LogP contribution in [-0.4, -0.2) is 44.7 Å². The highest BCUT2D eigenvalue weighted by Crippen LogP contribution is 2.40. The lowest BCUT2D eigenvalue weighted by Crippen LogP contribution is -2.42. The van der Waals surface area contributed by atoms with Gasteiger partial charge in [-0.25, -0.2) is 4.68 Å². The molecule has 0 saturated carbocycles. The Morgan fingerprint density at radius 1 is 0.946 bits per heavy atom. The Labute approximate surface area is 225 Å². The number of aldehydes is 1. The molecule has 1 heterocycles. The van der Waals surface area contributed by atoms with Gasteiger partial charge in [0.2, 0.25) is 0 Å². The van der Waals surface area contributed by atoms with E-state index in [0.717, 1.165) is 32.0 Å². The van der Waals surface area contributed by atoms with Crippen molar-refractivity contribution in [2.75, 3.05) is 6.61 Å². The van der Waals surface area contributed by atoms with Gasteiger partial charge in [0.25, 0.3) is 6.26 Å². The Kier molecular flexibility index (Phi) is 10.9. The first-order valence-electron chi connectivity index (χ1n) is 13.4. The molecule has 1 aromatic heterocycles. The van der Waals surface area contributed by atoms with Crippen LogP contribution in [-0.2, 0) is 31.2 Å². The summed E-state index contributed by atoms with van der Waals surface area (Å²) in [6.07, 6.45) is 8.53. The molecule has 0 amide bonds. The van der Waals surface area contributed by atoms with Gasteiger partial charge in [0.05, 0.1) is 35.1 Å². The first kappa shape index (κ1) is 33.0. The lowest BCUT2D eigenvalue weighted by Gasteiger charge is -2.41. The van der Waals surface area contributed by atoms with E-state index in [1.807, 2.05) is 24.7 Å². The molecule has 0 aromatic carbocycles. The molecule has 212 valence electrons. The standard InChI is InChI=1S/C29H52N4O4/c1-13-29(12,21-34)20-28(10,11)37-26(6,7)14-15-36-27(8,9)19-24(2,3)18-25(4,5)33-16-23(31-32-33)17-35-22-30/h16,21H,13-15,17-20H2,1-12H3. The Morgan fingerprint density at radius 2 is 1.57 bits per heavy atom. The Balaban J connectivity index is 2.70. The number of hydrogen-bond acceptors (Lipinski definition) is 7. The first-order valence-corrected chi connectivity index (χ1v) is 13.4. The van der Waals surface area contributed by atoms with Crippen molar-refractivity contribution < 1.29 is 19.0 Å². The van der Waals surface area contributed by atoms with Gasteiger partial charge in [0.15, 0.2) is 0 Å². The van der Waals surface area contributed by atoms with E-state index in [9.17, 15) is 4.79 Å². The summed E-state index contributed by atoms with van der Waals surface area (Å²) in [5.74, 6) is 0. The van der Waals surface area contributed by atoms with E-state index < -0.39 is 5.60 Å². The van der Waals surface area contributed by atoms with Gasteiger partial charge in [-0.2, -0.15) is 5.26 Å². The van der Waals surface area contributed by atoms with Crippen molar-refractivity contribution in [2.45, 2.75) is 144 Å². The number of rotatable bonds is 17. The summed E-state index contributed by atoms with van der Waals surface area (Å²) in [6.45, 7) is 26.1. The molecule has 0 bridgehead atoms. The van der Waals surface area contributed by atoms with E-state index in [2.05, 4.69) is 79.5 Å². The molecule has 1 unspecified atom stereocenters. The van der Waals surface area contributed by atoms with Crippen molar-refractivity contribution >= 4 is 6.29 Å². The van der Waals surface area contributed by atoms with E-state index >= 15 is 0 Å². The molecule has 0 spiro atoms. The highest BCUT2D eigenvalue weighted by Gasteiger charge is 2.38. The summed E-state index contributed by atoms with van der Waals surface area (Å²) in [5.41, 5.74) is -1.17. The van der Waals surface area contributed by atoms with Crippen LogP contribution in [0.5, 0.6) is 0 Å². The third-order valence-corrected chi connectivity index (χ3v) is 6.93. The molecule has 0 aliphatic heterocycles. The zero-order chi connectivity index (χ0) is 28.8. The van der Waals surface area contributed by atoms with Gasteiger partial charge in [-0.05, 0) is 92.9 Å². The number of nitrogens with zero attached hydrogens (tertiary/aromatic N) is 4. The van der Waals surface area contributed by atoms with Gasteiger partial charge in [-0.3, -0.25) is 0 Å². The average Bonchev–Trinajstić information content (AvgIpc) is 3.18. The second-order valence-corrected chi connectivity index (χ2v) is 14.1. The topological polar surface area (TPSA) is 99.3 Å². The van der Waals surface area contributed by atoms with Crippen LogP contribution in [0.25, 0.3) is 0 Å². The van der Waals surface area contributed by atoms with Crippen molar-refractivity contribution in [3.05, 3.63) is 11.9 Å². The third kappa shape index (κ3) is 11.5. The van der Waals surface area contributed by atoms with Crippen LogP contribution in [0.4, 0.5) is 0 Å². The fourth-order valence-corrected chi connectivity index (χ4v) is 5.92. The van der Waals surface area contributed by atoms with E-state index in [0.29, 0.717) is 18.7 Å². The SMILES string of the molecule is CCC(C)(C=O)CC(C)(C)OC(C)(C)CCOC(C)(C)CC(C)(C)CC(C)(C)n1cc(COC#N)nn1. The fraction of sp³-hybridized carbons (Fsp3) is 0.862. The Hall–Kier alpha value is -1.98. The van der Waals surface area contributed by atoms with Crippen molar-refractivity contribution in [3.8, 4) is 6.26 Å². The van der Waals surface area contributed by atoms with Crippen LogP contribution in [0.15, 0.2) is 6.20 Å². The molecule has 1 aromatic rings. The minimum Gasteiger partial charge on any atom is -0.421 e. The van der Waals surface area contributed by atoms with Gasteiger partial charge >= 0.3 is 0 Å². The number of ether oxygens (including phenoxy) is 3. The van der Waals surface area contributed by atoms with Crippen molar-refractivity contribution in [1.29, 1.82) is 5.26 Å².